The first-order chi connectivity index (χ1) is 6.29. The molecule has 1 rings (SSSR count). The van der Waals surface area contributed by atoms with Gasteiger partial charge in [0.1, 0.15) is 0 Å². The van der Waals surface area contributed by atoms with E-state index in [0.717, 1.165) is 5.33 Å². The van der Waals surface area contributed by atoms with Crippen molar-refractivity contribution in [3.8, 4) is 11.5 Å². The standard InChI is InChI=1S/C9H10BrClO2/c1-12-8-4-2-3-7(11)9(8)13-6-5-10/h2-4H,5-6H2,1H3. The van der Waals surface area contributed by atoms with E-state index in [1.54, 1.807) is 13.2 Å². The molecule has 0 aromatic heterocycles. The van der Waals surface area contributed by atoms with Gasteiger partial charge in [0.05, 0.1) is 18.7 Å². The number of alkyl halides is 1. The van der Waals surface area contributed by atoms with E-state index in [1.807, 2.05) is 12.1 Å². The molecule has 0 bridgehead atoms. The molecule has 72 valence electrons. The first kappa shape index (κ1) is 10.7. The van der Waals surface area contributed by atoms with E-state index in [4.69, 9.17) is 21.1 Å². The average Bonchev–Trinajstić information content (AvgIpc) is 2.15. The van der Waals surface area contributed by atoms with Crippen LogP contribution < -0.4 is 9.47 Å². The molecule has 0 saturated carbocycles. The van der Waals surface area contributed by atoms with Crippen LogP contribution in [-0.2, 0) is 0 Å². The predicted octanol–water partition coefficient (Wildman–Crippen LogP) is 3.12. The molecule has 0 saturated heterocycles. The fourth-order valence-electron chi connectivity index (χ4n) is 0.931. The Kier molecular flexibility index (Phi) is 4.39. The molecular weight excluding hydrogens is 255 g/mol. The van der Waals surface area contributed by atoms with Gasteiger partial charge in [-0.1, -0.05) is 33.6 Å². The van der Waals surface area contributed by atoms with Gasteiger partial charge in [0.25, 0.3) is 0 Å². The van der Waals surface area contributed by atoms with E-state index < -0.39 is 0 Å². The summed E-state index contributed by atoms with van der Waals surface area (Å²) in [7, 11) is 1.59. The molecule has 0 aliphatic carbocycles. The third kappa shape index (κ3) is 2.78. The minimum absolute atomic E-state index is 0.570. The van der Waals surface area contributed by atoms with Crippen LogP contribution in [0.5, 0.6) is 11.5 Å². The zero-order chi connectivity index (χ0) is 9.68. The van der Waals surface area contributed by atoms with Gasteiger partial charge in [0.15, 0.2) is 11.5 Å². The summed E-state index contributed by atoms with van der Waals surface area (Å²) in [6, 6.07) is 5.41. The van der Waals surface area contributed by atoms with Crippen LogP contribution in [0.15, 0.2) is 18.2 Å². The van der Waals surface area contributed by atoms with Crippen molar-refractivity contribution in [2.24, 2.45) is 0 Å². The highest BCUT2D eigenvalue weighted by Gasteiger charge is 2.07. The Labute approximate surface area is 90.9 Å². The summed E-state index contributed by atoms with van der Waals surface area (Å²) in [5, 5.41) is 1.33. The van der Waals surface area contributed by atoms with Crippen molar-refractivity contribution in [1.29, 1.82) is 0 Å². The van der Waals surface area contributed by atoms with Crippen LogP contribution in [0, 0.1) is 0 Å². The van der Waals surface area contributed by atoms with Gasteiger partial charge < -0.3 is 9.47 Å². The molecule has 0 radical (unpaired) electrons. The maximum Gasteiger partial charge on any atom is 0.179 e. The maximum absolute atomic E-state index is 5.92. The first-order valence-corrected chi connectivity index (χ1v) is 5.30. The Hall–Kier alpha value is -0.410. The lowest BCUT2D eigenvalue weighted by Gasteiger charge is -2.10. The lowest BCUT2D eigenvalue weighted by molar-refractivity contribution is 0.314. The van der Waals surface area contributed by atoms with E-state index in [1.165, 1.54) is 0 Å². The fraction of sp³-hybridized carbons (Fsp3) is 0.333. The molecule has 1 aromatic carbocycles. The molecular formula is C9H10BrClO2. The number of rotatable bonds is 4. The molecule has 2 nitrogen and oxygen atoms in total. The summed E-state index contributed by atoms with van der Waals surface area (Å²) < 4.78 is 10.5. The molecule has 0 aliphatic rings. The van der Waals surface area contributed by atoms with Gasteiger partial charge in [-0.15, -0.1) is 0 Å². The van der Waals surface area contributed by atoms with Crippen molar-refractivity contribution in [2.45, 2.75) is 0 Å². The summed E-state index contributed by atoms with van der Waals surface area (Å²) in [5.74, 6) is 1.26. The molecule has 0 N–H and O–H groups in total. The predicted molar refractivity (Wildman–Crippen MR) is 57.3 cm³/mol. The fourth-order valence-corrected chi connectivity index (χ4v) is 1.31. The minimum atomic E-state index is 0.570. The number of ether oxygens (including phenoxy) is 2. The Balaban J connectivity index is 2.87. The van der Waals surface area contributed by atoms with Gasteiger partial charge in [-0.05, 0) is 12.1 Å². The lowest BCUT2D eigenvalue weighted by Crippen LogP contribution is -2.00. The average molecular weight is 266 g/mol. The van der Waals surface area contributed by atoms with Gasteiger partial charge in [-0.25, -0.2) is 0 Å². The van der Waals surface area contributed by atoms with Crippen molar-refractivity contribution < 1.29 is 9.47 Å². The highest BCUT2D eigenvalue weighted by atomic mass is 79.9. The van der Waals surface area contributed by atoms with Crippen molar-refractivity contribution in [3.63, 3.8) is 0 Å². The second-order valence-corrected chi connectivity index (χ2v) is 3.51. The number of hydrogen-bond donors (Lipinski definition) is 0. The first-order valence-electron chi connectivity index (χ1n) is 3.81. The van der Waals surface area contributed by atoms with Gasteiger partial charge in [0, 0.05) is 5.33 Å². The van der Waals surface area contributed by atoms with Gasteiger partial charge in [-0.3, -0.25) is 0 Å². The molecule has 0 atom stereocenters. The highest BCUT2D eigenvalue weighted by Crippen LogP contribution is 2.34. The molecule has 0 unspecified atom stereocenters. The Morgan fingerprint density at radius 2 is 2.23 bits per heavy atom. The molecule has 0 heterocycles. The second-order valence-electron chi connectivity index (χ2n) is 2.31. The van der Waals surface area contributed by atoms with Crippen LogP contribution in [0.1, 0.15) is 0 Å². The molecule has 1 aromatic rings. The van der Waals surface area contributed by atoms with Crippen LogP contribution in [0.4, 0.5) is 0 Å². The quantitative estimate of drug-likeness (QED) is 0.779. The largest absolute Gasteiger partial charge is 0.493 e. The van der Waals surface area contributed by atoms with Crippen LogP contribution in [0.25, 0.3) is 0 Å². The topological polar surface area (TPSA) is 18.5 Å². The van der Waals surface area contributed by atoms with Crippen molar-refractivity contribution in [1.82, 2.24) is 0 Å². The Bertz CT molecular complexity index is 278. The van der Waals surface area contributed by atoms with E-state index in [2.05, 4.69) is 15.9 Å². The van der Waals surface area contributed by atoms with Crippen LogP contribution in [-0.4, -0.2) is 19.0 Å². The highest BCUT2D eigenvalue weighted by molar-refractivity contribution is 9.09. The van der Waals surface area contributed by atoms with E-state index in [9.17, 15) is 0 Å². The number of halogens is 2. The van der Waals surface area contributed by atoms with E-state index in [0.29, 0.717) is 23.1 Å². The van der Waals surface area contributed by atoms with Crippen molar-refractivity contribution in [3.05, 3.63) is 23.2 Å². The zero-order valence-corrected chi connectivity index (χ0v) is 9.56. The summed E-state index contributed by atoms with van der Waals surface area (Å²) in [4.78, 5) is 0. The summed E-state index contributed by atoms with van der Waals surface area (Å²) >= 11 is 9.19. The SMILES string of the molecule is COc1cccc(Cl)c1OCCBr. The van der Waals surface area contributed by atoms with Gasteiger partial charge in [0.2, 0.25) is 0 Å². The summed E-state index contributed by atoms with van der Waals surface area (Å²) in [6.07, 6.45) is 0. The molecule has 0 aliphatic heterocycles. The normalized spacial score (nSPS) is 9.77. The third-order valence-corrected chi connectivity index (χ3v) is 2.10. The number of para-hydroxylation sites is 1. The molecule has 0 fully saturated rings. The minimum Gasteiger partial charge on any atom is -0.493 e. The van der Waals surface area contributed by atoms with Gasteiger partial charge in [-0.2, -0.15) is 0 Å². The van der Waals surface area contributed by atoms with E-state index >= 15 is 0 Å². The Morgan fingerprint density at radius 1 is 1.46 bits per heavy atom. The monoisotopic (exact) mass is 264 g/mol. The van der Waals surface area contributed by atoms with Crippen LogP contribution >= 0.6 is 27.5 Å². The summed E-state index contributed by atoms with van der Waals surface area (Å²) in [5.41, 5.74) is 0. The second kappa shape index (κ2) is 5.35. The molecule has 13 heavy (non-hydrogen) atoms. The number of benzene rings is 1. The zero-order valence-electron chi connectivity index (χ0n) is 7.22. The van der Waals surface area contributed by atoms with Crippen LogP contribution in [0.3, 0.4) is 0 Å². The van der Waals surface area contributed by atoms with E-state index in [-0.39, 0.29) is 0 Å². The van der Waals surface area contributed by atoms with Crippen LogP contribution in [0.2, 0.25) is 5.02 Å². The number of methoxy groups -OCH3 is 1. The lowest BCUT2D eigenvalue weighted by atomic mass is 10.3. The third-order valence-electron chi connectivity index (χ3n) is 1.47. The van der Waals surface area contributed by atoms with Crippen molar-refractivity contribution >= 4 is 27.5 Å². The van der Waals surface area contributed by atoms with Gasteiger partial charge >= 0.3 is 0 Å². The smallest absolute Gasteiger partial charge is 0.179 e. The Morgan fingerprint density at radius 3 is 2.85 bits per heavy atom. The van der Waals surface area contributed by atoms with Crippen molar-refractivity contribution in [2.75, 3.05) is 19.0 Å². The molecule has 0 amide bonds. The maximum atomic E-state index is 5.92. The summed E-state index contributed by atoms with van der Waals surface area (Å²) in [6.45, 7) is 0.570. The number of hydrogen-bond acceptors (Lipinski definition) is 2. The molecule has 0 spiro atoms. The molecule has 4 heteroatoms.